The Bertz CT molecular complexity index is 440. The van der Waals surface area contributed by atoms with Crippen molar-refractivity contribution < 1.29 is 0 Å². The molecule has 1 atom stereocenters. The number of likely N-dealkylation sites (tertiary alicyclic amines) is 1. The predicted octanol–water partition coefficient (Wildman–Crippen LogP) is 4.19. The Hall–Kier alpha value is -0.540. The van der Waals surface area contributed by atoms with Crippen LogP contribution in [0, 0.1) is 5.92 Å². The summed E-state index contributed by atoms with van der Waals surface area (Å²) in [5.41, 5.74) is 8.35. The van der Waals surface area contributed by atoms with Crippen molar-refractivity contribution in [1.82, 2.24) is 4.90 Å². The second kappa shape index (κ2) is 5.84. The summed E-state index contributed by atoms with van der Waals surface area (Å²) in [7, 11) is 0. The molecule has 0 aromatic heterocycles. The van der Waals surface area contributed by atoms with Crippen LogP contribution in [0.5, 0.6) is 0 Å². The molecule has 2 aliphatic rings. The average Bonchev–Trinajstić information content (AvgIpc) is 3.03. The molecular weight excluding hydrogens is 300 g/mol. The zero-order valence-electron chi connectivity index (χ0n) is 11.4. The van der Waals surface area contributed by atoms with Gasteiger partial charge in [0.15, 0.2) is 0 Å². The molecule has 3 heteroatoms. The second-order valence-corrected chi connectivity index (χ2v) is 6.98. The van der Waals surface area contributed by atoms with E-state index >= 15 is 0 Å². The molecule has 2 nitrogen and oxygen atoms in total. The van der Waals surface area contributed by atoms with Crippen LogP contribution in [-0.2, 0) is 6.54 Å². The van der Waals surface area contributed by atoms with Crippen molar-refractivity contribution in [3.8, 4) is 0 Å². The minimum Gasteiger partial charge on any atom is -0.398 e. The predicted molar refractivity (Wildman–Crippen MR) is 83.9 cm³/mol. The minimum atomic E-state index is 0.811. The third-order valence-corrected chi connectivity index (χ3v) is 5.33. The number of hydrogen-bond acceptors (Lipinski definition) is 2. The first-order valence-electron chi connectivity index (χ1n) is 7.52. The molecule has 1 aromatic carbocycles. The van der Waals surface area contributed by atoms with Gasteiger partial charge in [-0.05, 0) is 55.8 Å². The van der Waals surface area contributed by atoms with Gasteiger partial charge in [0, 0.05) is 22.7 Å². The number of halogens is 1. The van der Waals surface area contributed by atoms with Crippen LogP contribution in [0.4, 0.5) is 5.69 Å². The first-order valence-corrected chi connectivity index (χ1v) is 8.31. The molecule has 1 aromatic rings. The Balaban J connectivity index is 1.70. The molecule has 0 bridgehead atoms. The first kappa shape index (κ1) is 13.4. The van der Waals surface area contributed by atoms with E-state index < -0.39 is 0 Å². The van der Waals surface area contributed by atoms with E-state index in [0.29, 0.717) is 0 Å². The summed E-state index contributed by atoms with van der Waals surface area (Å²) in [5, 5.41) is 0. The summed E-state index contributed by atoms with van der Waals surface area (Å²) in [4.78, 5) is 2.68. The van der Waals surface area contributed by atoms with E-state index in [9.17, 15) is 0 Å². The van der Waals surface area contributed by atoms with Crippen LogP contribution >= 0.6 is 15.9 Å². The molecule has 0 radical (unpaired) electrons. The Morgan fingerprint density at radius 1 is 1.16 bits per heavy atom. The van der Waals surface area contributed by atoms with Crippen LogP contribution in [0.15, 0.2) is 22.7 Å². The monoisotopic (exact) mass is 322 g/mol. The lowest BCUT2D eigenvalue weighted by molar-refractivity contribution is 0.183. The van der Waals surface area contributed by atoms with Crippen molar-refractivity contribution in [2.45, 2.75) is 51.1 Å². The van der Waals surface area contributed by atoms with Crippen LogP contribution in [0.25, 0.3) is 0 Å². The Morgan fingerprint density at radius 2 is 1.95 bits per heavy atom. The van der Waals surface area contributed by atoms with Crippen LogP contribution in [0.1, 0.15) is 44.1 Å². The van der Waals surface area contributed by atoms with Gasteiger partial charge in [0.2, 0.25) is 0 Å². The summed E-state index contributed by atoms with van der Waals surface area (Å²) in [6.45, 7) is 2.27. The van der Waals surface area contributed by atoms with Gasteiger partial charge >= 0.3 is 0 Å². The van der Waals surface area contributed by atoms with E-state index in [4.69, 9.17) is 5.73 Å². The number of nitrogen functional groups attached to an aromatic ring is 1. The largest absolute Gasteiger partial charge is 0.398 e. The lowest BCUT2D eigenvalue weighted by atomic mass is 9.95. The zero-order chi connectivity index (χ0) is 13.2. The summed E-state index contributed by atoms with van der Waals surface area (Å²) in [6.07, 6.45) is 8.51. The Labute approximate surface area is 124 Å². The van der Waals surface area contributed by atoms with Crippen molar-refractivity contribution in [1.29, 1.82) is 0 Å². The van der Waals surface area contributed by atoms with Gasteiger partial charge in [-0.2, -0.15) is 0 Å². The molecule has 1 aliphatic carbocycles. The highest BCUT2D eigenvalue weighted by Crippen LogP contribution is 2.36. The highest BCUT2D eigenvalue weighted by Gasteiger charge is 2.33. The molecule has 2 N–H and O–H groups in total. The lowest BCUT2D eigenvalue weighted by Gasteiger charge is -2.29. The molecule has 3 rings (SSSR count). The molecule has 1 heterocycles. The number of nitrogens with zero attached hydrogens (tertiary/aromatic N) is 1. The van der Waals surface area contributed by atoms with Gasteiger partial charge < -0.3 is 5.73 Å². The fourth-order valence-corrected chi connectivity index (χ4v) is 4.23. The van der Waals surface area contributed by atoms with E-state index in [2.05, 4.69) is 33.0 Å². The van der Waals surface area contributed by atoms with Crippen LogP contribution in [0.3, 0.4) is 0 Å². The highest BCUT2D eigenvalue weighted by molar-refractivity contribution is 9.10. The van der Waals surface area contributed by atoms with Gasteiger partial charge in [-0.15, -0.1) is 0 Å². The van der Waals surface area contributed by atoms with E-state index in [0.717, 1.165) is 28.7 Å². The topological polar surface area (TPSA) is 29.3 Å². The van der Waals surface area contributed by atoms with Crippen molar-refractivity contribution in [3.05, 3.63) is 28.2 Å². The van der Waals surface area contributed by atoms with E-state index in [-0.39, 0.29) is 0 Å². The standard InChI is InChI=1S/C16H23BrN2/c17-14-8-7-13(15(18)10-14)11-19-9-3-6-16(19)12-4-1-2-5-12/h7-8,10,12,16H,1-6,9,11,18H2. The maximum absolute atomic E-state index is 6.14. The lowest BCUT2D eigenvalue weighted by Crippen LogP contribution is -2.34. The number of nitrogens with two attached hydrogens (primary N) is 1. The molecule has 104 valence electrons. The van der Waals surface area contributed by atoms with Crippen LogP contribution < -0.4 is 5.73 Å². The Kier molecular flexibility index (Phi) is 4.13. The van der Waals surface area contributed by atoms with E-state index in [1.54, 1.807) is 0 Å². The summed E-state index contributed by atoms with van der Waals surface area (Å²) in [6, 6.07) is 7.11. The third kappa shape index (κ3) is 2.97. The number of benzene rings is 1. The molecule has 1 aliphatic heterocycles. The summed E-state index contributed by atoms with van der Waals surface area (Å²) in [5.74, 6) is 0.944. The average molecular weight is 323 g/mol. The molecule has 1 saturated carbocycles. The third-order valence-electron chi connectivity index (χ3n) is 4.84. The number of hydrogen-bond donors (Lipinski definition) is 1. The Morgan fingerprint density at radius 3 is 2.68 bits per heavy atom. The van der Waals surface area contributed by atoms with Gasteiger partial charge in [0.1, 0.15) is 0 Å². The molecule has 1 saturated heterocycles. The molecule has 0 spiro atoms. The fourth-order valence-electron chi connectivity index (χ4n) is 3.85. The van der Waals surface area contributed by atoms with Crippen molar-refractivity contribution in [3.63, 3.8) is 0 Å². The van der Waals surface area contributed by atoms with Crippen LogP contribution in [-0.4, -0.2) is 17.5 Å². The number of rotatable bonds is 3. The molecular formula is C16H23BrN2. The SMILES string of the molecule is Nc1cc(Br)ccc1CN1CCCC1C1CCCC1. The second-order valence-electron chi connectivity index (χ2n) is 6.07. The smallest absolute Gasteiger partial charge is 0.0371 e. The van der Waals surface area contributed by atoms with Crippen molar-refractivity contribution in [2.75, 3.05) is 12.3 Å². The molecule has 1 unspecified atom stereocenters. The quantitative estimate of drug-likeness (QED) is 0.845. The zero-order valence-corrected chi connectivity index (χ0v) is 13.0. The fraction of sp³-hybridized carbons (Fsp3) is 0.625. The van der Waals surface area contributed by atoms with Gasteiger partial charge in [-0.25, -0.2) is 0 Å². The van der Waals surface area contributed by atoms with Gasteiger partial charge in [-0.1, -0.05) is 34.8 Å². The van der Waals surface area contributed by atoms with E-state index in [1.165, 1.54) is 50.6 Å². The normalized spacial score (nSPS) is 25.2. The van der Waals surface area contributed by atoms with Crippen LogP contribution in [0.2, 0.25) is 0 Å². The molecule has 19 heavy (non-hydrogen) atoms. The minimum absolute atomic E-state index is 0.811. The molecule has 2 fully saturated rings. The maximum atomic E-state index is 6.14. The van der Waals surface area contributed by atoms with Gasteiger partial charge in [0.05, 0.1) is 0 Å². The molecule has 0 amide bonds. The summed E-state index contributed by atoms with van der Waals surface area (Å²) < 4.78 is 1.07. The maximum Gasteiger partial charge on any atom is 0.0371 e. The van der Waals surface area contributed by atoms with Gasteiger partial charge in [0.25, 0.3) is 0 Å². The van der Waals surface area contributed by atoms with Gasteiger partial charge in [-0.3, -0.25) is 4.90 Å². The first-order chi connectivity index (χ1) is 9.24. The summed E-state index contributed by atoms with van der Waals surface area (Å²) >= 11 is 3.48. The highest BCUT2D eigenvalue weighted by atomic mass is 79.9. The van der Waals surface area contributed by atoms with Crippen molar-refractivity contribution in [2.24, 2.45) is 5.92 Å². The van der Waals surface area contributed by atoms with E-state index in [1.807, 2.05) is 6.07 Å². The van der Waals surface area contributed by atoms with Crippen molar-refractivity contribution >= 4 is 21.6 Å². The number of anilines is 1.